The number of thioether (sulfide) groups is 1. The van der Waals surface area contributed by atoms with Gasteiger partial charge in [-0.15, -0.1) is 10.2 Å². The van der Waals surface area contributed by atoms with E-state index in [0.29, 0.717) is 20.8 Å². The van der Waals surface area contributed by atoms with Gasteiger partial charge in [0.15, 0.2) is 4.34 Å². The van der Waals surface area contributed by atoms with Crippen molar-refractivity contribution in [2.75, 3.05) is 21.7 Å². The molecule has 0 atom stereocenters. The Bertz CT molecular complexity index is 863. The van der Waals surface area contributed by atoms with Crippen molar-refractivity contribution in [2.24, 2.45) is 0 Å². The first-order valence-electron chi connectivity index (χ1n) is 8.34. The lowest BCUT2D eigenvalue weighted by Crippen LogP contribution is -2.43. The number of nitrogens with zero attached hydrogens (tertiary/aromatic N) is 2. The SMILES string of the molecule is CC(=O)Nc1cccc(NC(=O)CSc2nnc(NC(=O)NC(C)(C)C)s2)c1. The molecule has 9 nitrogen and oxygen atoms in total. The van der Waals surface area contributed by atoms with Gasteiger partial charge >= 0.3 is 6.03 Å². The van der Waals surface area contributed by atoms with E-state index < -0.39 is 0 Å². The molecule has 0 fully saturated rings. The van der Waals surface area contributed by atoms with E-state index in [0.717, 1.165) is 0 Å². The van der Waals surface area contributed by atoms with Gasteiger partial charge in [-0.3, -0.25) is 14.9 Å². The zero-order valence-electron chi connectivity index (χ0n) is 16.0. The first-order chi connectivity index (χ1) is 13.1. The number of carbonyl (C=O) groups excluding carboxylic acids is 3. The van der Waals surface area contributed by atoms with E-state index in [-0.39, 0.29) is 29.1 Å². The van der Waals surface area contributed by atoms with Crippen molar-refractivity contribution in [1.29, 1.82) is 0 Å². The summed E-state index contributed by atoms with van der Waals surface area (Å²) in [6, 6.07) is 6.51. The Morgan fingerprint density at radius 1 is 1.07 bits per heavy atom. The topological polar surface area (TPSA) is 125 Å². The summed E-state index contributed by atoms with van der Waals surface area (Å²) >= 11 is 2.40. The van der Waals surface area contributed by atoms with Crippen molar-refractivity contribution >= 4 is 57.5 Å². The van der Waals surface area contributed by atoms with Crippen molar-refractivity contribution in [3.05, 3.63) is 24.3 Å². The van der Waals surface area contributed by atoms with Gasteiger partial charge in [0, 0.05) is 23.8 Å². The van der Waals surface area contributed by atoms with Crippen molar-refractivity contribution in [1.82, 2.24) is 15.5 Å². The highest BCUT2D eigenvalue weighted by Gasteiger charge is 2.15. The molecule has 0 saturated heterocycles. The van der Waals surface area contributed by atoms with Gasteiger partial charge in [0.05, 0.1) is 5.75 Å². The monoisotopic (exact) mass is 422 g/mol. The highest BCUT2D eigenvalue weighted by molar-refractivity contribution is 8.01. The molecule has 1 heterocycles. The molecule has 0 unspecified atom stereocenters. The Morgan fingerprint density at radius 2 is 1.75 bits per heavy atom. The van der Waals surface area contributed by atoms with Crippen molar-refractivity contribution in [3.63, 3.8) is 0 Å². The summed E-state index contributed by atoms with van der Waals surface area (Å²) in [5.41, 5.74) is 0.823. The second kappa shape index (κ2) is 9.51. The normalized spacial score (nSPS) is 10.9. The lowest BCUT2D eigenvalue weighted by Gasteiger charge is -2.19. The number of anilines is 3. The van der Waals surface area contributed by atoms with Crippen LogP contribution in [0.5, 0.6) is 0 Å². The Labute approximate surface area is 171 Å². The molecule has 4 amide bonds. The van der Waals surface area contributed by atoms with Crippen molar-refractivity contribution in [3.8, 4) is 0 Å². The first-order valence-corrected chi connectivity index (χ1v) is 10.1. The number of benzene rings is 1. The zero-order chi connectivity index (χ0) is 20.7. The molecular weight excluding hydrogens is 400 g/mol. The summed E-state index contributed by atoms with van der Waals surface area (Å²) in [7, 11) is 0. The minimum Gasteiger partial charge on any atom is -0.333 e. The fourth-order valence-electron chi connectivity index (χ4n) is 1.99. The van der Waals surface area contributed by atoms with E-state index in [4.69, 9.17) is 0 Å². The van der Waals surface area contributed by atoms with E-state index in [1.54, 1.807) is 24.3 Å². The largest absolute Gasteiger partial charge is 0.333 e. The summed E-state index contributed by atoms with van der Waals surface area (Å²) in [4.78, 5) is 35.0. The van der Waals surface area contributed by atoms with Crippen LogP contribution in [0.25, 0.3) is 0 Å². The van der Waals surface area contributed by atoms with Crippen LogP contribution in [0.1, 0.15) is 27.7 Å². The molecule has 2 aromatic rings. The molecule has 0 aliphatic rings. The van der Waals surface area contributed by atoms with Gasteiger partial charge in [-0.2, -0.15) is 0 Å². The fraction of sp³-hybridized carbons (Fsp3) is 0.353. The number of hydrogen-bond acceptors (Lipinski definition) is 7. The fourth-order valence-corrected chi connectivity index (χ4v) is 3.54. The van der Waals surface area contributed by atoms with Crippen LogP contribution >= 0.6 is 23.1 Å². The molecule has 0 radical (unpaired) electrons. The van der Waals surface area contributed by atoms with Crippen LogP contribution in [0.2, 0.25) is 0 Å². The van der Waals surface area contributed by atoms with Crippen molar-refractivity contribution < 1.29 is 14.4 Å². The number of aromatic nitrogens is 2. The van der Waals surface area contributed by atoms with E-state index in [2.05, 4.69) is 31.5 Å². The molecular formula is C17H22N6O3S2. The van der Waals surface area contributed by atoms with E-state index in [1.807, 2.05) is 20.8 Å². The highest BCUT2D eigenvalue weighted by Crippen LogP contribution is 2.25. The predicted octanol–water partition coefficient (Wildman–Crippen LogP) is 3.15. The highest BCUT2D eigenvalue weighted by atomic mass is 32.2. The first kappa shape index (κ1) is 21.6. The lowest BCUT2D eigenvalue weighted by atomic mass is 10.1. The van der Waals surface area contributed by atoms with Gasteiger partial charge in [0.1, 0.15) is 0 Å². The summed E-state index contributed by atoms with van der Waals surface area (Å²) in [6.07, 6.45) is 0. The maximum Gasteiger partial charge on any atom is 0.321 e. The summed E-state index contributed by atoms with van der Waals surface area (Å²) in [6.45, 7) is 7.04. The predicted molar refractivity (Wildman–Crippen MR) is 112 cm³/mol. The smallest absolute Gasteiger partial charge is 0.321 e. The van der Waals surface area contributed by atoms with Gasteiger partial charge in [0.2, 0.25) is 16.9 Å². The molecule has 28 heavy (non-hydrogen) atoms. The van der Waals surface area contributed by atoms with Crippen LogP contribution in [0, 0.1) is 0 Å². The van der Waals surface area contributed by atoms with Gasteiger partial charge in [-0.25, -0.2) is 4.79 Å². The number of nitrogens with one attached hydrogen (secondary N) is 4. The average Bonchev–Trinajstić information content (AvgIpc) is 2.98. The van der Waals surface area contributed by atoms with E-state index in [9.17, 15) is 14.4 Å². The second-order valence-corrected chi connectivity index (χ2v) is 9.00. The summed E-state index contributed by atoms with van der Waals surface area (Å²) < 4.78 is 0.563. The Hall–Kier alpha value is -2.66. The van der Waals surface area contributed by atoms with E-state index in [1.165, 1.54) is 30.0 Å². The molecule has 0 bridgehead atoms. The maximum atomic E-state index is 12.1. The number of urea groups is 1. The third-order valence-corrected chi connectivity index (χ3v) is 4.88. The number of hydrogen-bond donors (Lipinski definition) is 4. The van der Waals surface area contributed by atoms with Gasteiger partial charge in [0.25, 0.3) is 0 Å². The Kier molecular flexibility index (Phi) is 7.35. The Balaban J connectivity index is 1.83. The Morgan fingerprint density at radius 3 is 2.39 bits per heavy atom. The number of rotatable bonds is 6. The molecule has 0 spiro atoms. The van der Waals surface area contributed by atoms with Gasteiger partial charge < -0.3 is 16.0 Å². The average molecular weight is 423 g/mol. The molecule has 0 aliphatic heterocycles. The molecule has 0 saturated carbocycles. The van der Waals surface area contributed by atoms with Gasteiger partial charge in [-0.05, 0) is 39.0 Å². The summed E-state index contributed by atoms with van der Waals surface area (Å²) in [5, 5.41) is 19.0. The standard InChI is InChI=1S/C17H22N6O3S2/c1-10(24)18-11-6-5-7-12(8-11)19-13(25)9-27-16-23-22-15(28-16)20-14(26)21-17(2,3)4/h5-8H,9H2,1-4H3,(H,18,24)(H,19,25)(H2,20,21,22,26). The van der Waals surface area contributed by atoms with Crippen LogP contribution in [0.3, 0.4) is 0 Å². The lowest BCUT2D eigenvalue weighted by molar-refractivity contribution is -0.114. The molecule has 1 aromatic heterocycles. The van der Waals surface area contributed by atoms with Crippen LogP contribution in [-0.2, 0) is 9.59 Å². The zero-order valence-corrected chi connectivity index (χ0v) is 17.6. The summed E-state index contributed by atoms with van der Waals surface area (Å²) in [5.74, 6) is -0.274. The van der Waals surface area contributed by atoms with Gasteiger partial charge in [-0.1, -0.05) is 29.2 Å². The molecule has 150 valence electrons. The van der Waals surface area contributed by atoms with Crippen LogP contribution in [-0.4, -0.2) is 39.3 Å². The van der Waals surface area contributed by atoms with Crippen molar-refractivity contribution in [2.45, 2.75) is 37.6 Å². The molecule has 4 N–H and O–H groups in total. The maximum absolute atomic E-state index is 12.1. The van der Waals surface area contributed by atoms with Crippen LogP contribution in [0.15, 0.2) is 28.6 Å². The molecule has 0 aliphatic carbocycles. The third kappa shape index (κ3) is 7.92. The van der Waals surface area contributed by atoms with Crippen LogP contribution < -0.4 is 21.3 Å². The molecule has 11 heteroatoms. The quantitative estimate of drug-likeness (QED) is 0.419. The minimum atomic E-state index is -0.364. The van der Waals surface area contributed by atoms with Crippen LogP contribution in [0.4, 0.5) is 21.3 Å². The third-order valence-electron chi connectivity index (χ3n) is 2.91. The molecule has 1 aromatic carbocycles. The number of amides is 4. The number of carbonyl (C=O) groups is 3. The van der Waals surface area contributed by atoms with E-state index >= 15 is 0 Å². The molecule has 2 rings (SSSR count). The second-order valence-electron chi connectivity index (χ2n) is 6.80. The minimum absolute atomic E-state index is 0.132.